The van der Waals surface area contributed by atoms with Crippen molar-refractivity contribution < 1.29 is 4.74 Å². The Morgan fingerprint density at radius 2 is 1.67 bits per heavy atom. The zero-order valence-corrected chi connectivity index (χ0v) is 10.4. The first-order valence-corrected chi connectivity index (χ1v) is 5.82. The van der Waals surface area contributed by atoms with Gasteiger partial charge in [0, 0.05) is 10.8 Å². The van der Waals surface area contributed by atoms with Gasteiger partial charge in [0.05, 0.1) is 23.8 Å². The van der Waals surface area contributed by atoms with E-state index in [9.17, 15) is 0 Å². The number of aromatic nitrogens is 1. The molecule has 3 rings (SSSR count). The van der Waals surface area contributed by atoms with Gasteiger partial charge in [-0.05, 0) is 37.3 Å². The van der Waals surface area contributed by atoms with Crippen LogP contribution in [0.2, 0.25) is 0 Å². The van der Waals surface area contributed by atoms with Crippen LogP contribution in [0.25, 0.3) is 21.8 Å². The van der Waals surface area contributed by atoms with Crippen molar-refractivity contribution in [2.24, 2.45) is 0 Å². The first kappa shape index (κ1) is 10.8. The molecular weight excluding hydrogens is 224 g/mol. The van der Waals surface area contributed by atoms with Crippen LogP contribution in [0.3, 0.4) is 0 Å². The van der Waals surface area contributed by atoms with Crippen LogP contribution >= 0.6 is 0 Å². The summed E-state index contributed by atoms with van der Waals surface area (Å²) in [7, 11) is 1.65. The Hall–Kier alpha value is -2.29. The number of ether oxygens (including phenoxy) is 1. The Kier molecular flexibility index (Phi) is 2.33. The van der Waals surface area contributed by atoms with Crippen molar-refractivity contribution >= 4 is 27.5 Å². The minimum atomic E-state index is 0.762. The van der Waals surface area contributed by atoms with Gasteiger partial charge in [0.15, 0.2) is 0 Å². The molecule has 0 radical (unpaired) electrons. The average molecular weight is 238 g/mol. The Balaban J connectivity index is 2.45. The lowest BCUT2D eigenvalue weighted by atomic mass is 10.1. The van der Waals surface area contributed by atoms with E-state index in [-0.39, 0.29) is 0 Å². The lowest BCUT2D eigenvalue weighted by Gasteiger charge is -2.08. The molecule has 0 spiro atoms. The van der Waals surface area contributed by atoms with Gasteiger partial charge in [-0.15, -0.1) is 0 Å². The molecule has 18 heavy (non-hydrogen) atoms. The van der Waals surface area contributed by atoms with Crippen molar-refractivity contribution in [2.75, 3.05) is 12.8 Å². The standard InChI is InChI=1S/C15H14N2O/c1-9-3-5-13-11(7-9)15(16)12-8-10(18-2)4-6-14(12)17-13/h3-8H,1-2H3,(H2,16,17). The zero-order chi connectivity index (χ0) is 12.7. The second-order valence-corrected chi connectivity index (χ2v) is 4.43. The largest absolute Gasteiger partial charge is 0.497 e. The van der Waals surface area contributed by atoms with Gasteiger partial charge in [-0.1, -0.05) is 11.6 Å². The average Bonchev–Trinajstić information content (AvgIpc) is 2.40. The van der Waals surface area contributed by atoms with E-state index >= 15 is 0 Å². The summed E-state index contributed by atoms with van der Waals surface area (Å²) in [5.41, 5.74) is 10.0. The van der Waals surface area contributed by atoms with E-state index in [0.29, 0.717) is 0 Å². The number of aryl methyl sites for hydroxylation is 1. The molecule has 1 aromatic heterocycles. The molecule has 3 nitrogen and oxygen atoms in total. The number of nitrogen functional groups attached to an aromatic ring is 1. The summed E-state index contributed by atoms with van der Waals surface area (Å²) in [6.45, 7) is 2.05. The highest BCUT2D eigenvalue weighted by molar-refractivity contribution is 6.06. The second-order valence-electron chi connectivity index (χ2n) is 4.43. The van der Waals surface area contributed by atoms with Crippen molar-refractivity contribution in [3.8, 4) is 5.75 Å². The van der Waals surface area contributed by atoms with Crippen LogP contribution in [-0.4, -0.2) is 12.1 Å². The van der Waals surface area contributed by atoms with E-state index < -0.39 is 0 Å². The molecule has 1 heterocycles. The quantitative estimate of drug-likeness (QED) is 0.662. The van der Waals surface area contributed by atoms with Crippen LogP contribution in [0.4, 0.5) is 5.69 Å². The molecule has 3 heteroatoms. The lowest BCUT2D eigenvalue weighted by molar-refractivity contribution is 0.415. The van der Waals surface area contributed by atoms with Gasteiger partial charge in [-0.2, -0.15) is 0 Å². The van der Waals surface area contributed by atoms with E-state index in [1.807, 2.05) is 30.3 Å². The molecule has 90 valence electrons. The molecule has 0 unspecified atom stereocenters. The predicted octanol–water partition coefficient (Wildman–Crippen LogP) is 3.29. The van der Waals surface area contributed by atoms with Crippen molar-refractivity contribution in [1.29, 1.82) is 0 Å². The Morgan fingerprint density at radius 3 is 2.39 bits per heavy atom. The van der Waals surface area contributed by atoms with Gasteiger partial charge in [0.1, 0.15) is 5.75 Å². The number of fused-ring (bicyclic) bond motifs is 2. The van der Waals surface area contributed by atoms with E-state index in [1.54, 1.807) is 7.11 Å². The summed E-state index contributed by atoms with van der Waals surface area (Å²) < 4.78 is 5.23. The van der Waals surface area contributed by atoms with Gasteiger partial charge in [0.2, 0.25) is 0 Å². The number of methoxy groups -OCH3 is 1. The van der Waals surface area contributed by atoms with Crippen LogP contribution < -0.4 is 10.5 Å². The summed E-state index contributed by atoms with van der Waals surface area (Å²) in [6.07, 6.45) is 0. The topological polar surface area (TPSA) is 48.1 Å². The second kappa shape index (κ2) is 3.88. The maximum Gasteiger partial charge on any atom is 0.119 e. The predicted molar refractivity (Wildman–Crippen MR) is 75.0 cm³/mol. The minimum absolute atomic E-state index is 0.762. The zero-order valence-electron chi connectivity index (χ0n) is 10.4. The van der Waals surface area contributed by atoms with Crippen molar-refractivity contribution in [1.82, 2.24) is 4.98 Å². The number of rotatable bonds is 1. The van der Waals surface area contributed by atoms with Gasteiger partial charge >= 0.3 is 0 Å². The van der Waals surface area contributed by atoms with Gasteiger partial charge in [-0.25, -0.2) is 4.98 Å². The lowest BCUT2D eigenvalue weighted by Crippen LogP contribution is -1.94. The first-order chi connectivity index (χ1) is 8.69. The molecule has 2 N–H and O–H groups in total. The van der Waals surface area contributed by atoms with Crippen LogP contribution in [0.15, 0.2) is 36.4 Å². The summed E-state index contributed by atoms with van der Waals surface area (Å²) in [4.78, 5) is 4.62. The molecule has 0 aliphatic carbocycles. The number of nitrogens with two attached hydrogens (primary N) is 1. The number of hydrogen-bond acceptors (Lipinski definition) is 3. The molecule has 0 saturated carbocycles. The molecule has 0 aliphatic rings. The van der Waals surface area contributed by atoms with Crippen LogP contribution in [0.1, 0.15) is 5.56 Å². The molecule has 0 saturated heterocycles. The van der Waals surface area contributed by atoms with E-state index in [1.165, 1.54) is 5.56 Å². The number of benzene rings is 2. The third kappa shape index (κ3) is 1.56. The highest BCUT2D eigenvalue weighted by Crippen LogP contribution is 2.31. The number of hydrogen-bond donors (Lipinski definition) is 1. The molecule has 0 aliphatic heterocycles. The summed E-state index contributed by atoms with van der Waals surface area (Å²) in [6, 6.07) is 11.9. The van der Waals surface area contributed by atoms with Gasteiger partial charge in [0.25, 0.3) is 0 Å². The monoisotopic (exact) mass is 238 g/mol. The third-order valence-corrected chi connectivity index (χ3v) is 3.18. The van der Waals surface area contributed by atoms with Gasteiger partial charge in [-0.3, -0.25) is 0 Å². The number of pyridine rings is 1. The van der Waals surface area contributed by atoms with Crippen LogP contribution in [-0.2, 0) is 0 Å². The van der Waals surface area contributed by atoms with E-state index in [4.69, 9.17) is 10.5 Å². The highest BCUT2D eigenvalue weighted by atomic mass is 16.5. The summed E-state index contributed by atoms with van der Waals surface area (Å²) >= 11 is 0. The summed E-state index contributed by atoms with van der Waals surface area (Å²) in [5, 5.41) is 1.93. The molecular formula is C15H14N2O. The Morgan fingerprint density at radius 1 is 1.00 bits per heavy atom. The smallest absolute Gasteiger partial charge is 0.119 e. The van der Waals surface area contributed by atoms with E-state index in [2.05, 4.69) is 18.0 Å². The molecule has 0 atom stereocenters. The Bertz CT molecular complexity index is 750. The Labute approximate surface area is 105 Å². The number of anilines is 1. The van der Waals surface area contributed by atoms with Crippen molar-refractivity contribution in [3.05, 3.63) is 42.0 Å². The fraction of sp³-hybridized carbons (Fsp3) is 0.133. The maximum atomic E-state index is 6.25. The van der Waals surface area contributed by atoms with Crippen LogP contribution in [0.5, 0.6) is 5.75 Å². The molecule has 0 amide bonds. The SMILES string of the molecule is COc1ccc2nc3ccc(C)cc3c(N)c2c1. The highest BCUT2D eigenvalue weighted by Gasteiger charge is 2.07. The van der Waals surface area contributed by atoms with Crippen molar-refractivity contribution in [2.45, 2.75) is 6.92 Å². The van der Waals surface area contributed by atoms with Gasteiger partial charge < -0.3 is 10.5 Å². The fourth-order valence-corrected chi connectivity index (χ4v) is 2.19. The first-order valence-electron chi connectivity index (χ1n) is 5.82. The summed E-state index contributed by atoms with van der Waals surface area (Å²) in [5.74, 6) is 0.794. The minimum Gasteiger partial charge on any atom is -0.497 e. The molecule has 3 aromatic rings. The maximum absolute atomic E-state index is 6.25. The normalized spacial score (nSPS) is 11.0. The van der Waals surface area contributed by atoms with E-state index in [0.717, 1.165) is 33.2 Å². The molecule has 2 aromatic carbocycles. The number of nitrogens with zero attached hydrogens (tertiary/aromatic N) is 1. The molecule has 0 fully saturated rings. The fourth-order valence-electron chi connectivity index (χ4n) is 2.19. The van der Waals surface area contributed by atoms with Crippen LogP contribution in [0, 0.1) is 6.92 Å². The van der Waals surface area contributed by atoms with Crippen molar-refractivity contribution in [3.63, 3.8) is 0 Å². The molecule has 0 bridgehead atoms. The third-order valence-electron chi connectivity index (χ3n) is 3.18.